The molecule has 1 aliphatic carbocycles. The van der Waals surface area contributed by atoms with Crippen molar-refractivity contribution in [3.05, 3.63) is 35.4 Å². The van der Waals surface area contributed by atoms with Crippen molar-refractivity contribution in [1.82, 2.24) is 0 Å². The first-order valence-electron chi connectivity index (χ1n) is 5.93. The van der Waals surface area contributed by atoms with Crippen LogP contribution in [0.5, 0.6) is 11.5 Å². The third-order valence-corrected chi connectivity index (χ3v) is 2.95. The van der Waals surface area contributed by atoms with Gasteiger partial charge < -0.3 is 14.6 Å². The standard InChI is InChI=1S/C14H18O3/c1-3-17-14-9-11-10(8-13(14)16-2)6-4-5-7-12(11)15/h4-5,8-9,12,15H,3,6-7H2,1-2H3. The minimum Gasteiger partial charge on any atom is -0.493 e. The van der Waals surface area contributed by atoms with E-state index in [0.717, 1.165) is 23.3 Å². The Hall–Kier alpha value is -1.48. The van der Waals surface area contributed by atoms with Crippen LogP contribution >= 0.6 is 0 Å². The Morgan fingerprint density at radius 1 is 1.29 bits per heavy atom. The number of benzene rings is 1. The van der Waals surface area contributed by atoms with Crippen LogP contribution in [0.15, 0.2) is 24.3 Å². The van der Waals surface area contributed by atoms with E-state index in [2.05, 4.69) is 6.08 Å². The Morgan fingerprint density at radius 2 is 2.12 bits per heavy atom. The number of rotatable bonds is 3. The van der Waals surface area contributed by atoms with Crippen molar-refractivity contribution in [3.8, 4) is 11.5 Å². The molecule has 0 spiro atoms. The first-order valence-corrected chi connectivity index (χ1v) is 5.93. The molecule has 17 heavy (non-hydrogen) atoms. The van der Waals surface area contributed by atoms with Gasteiger partial charge in [0.2, 0.25) is 0 Å². The van der Waals surface area contributed by atoms with Crippen molar-refractivity contribution < 1.29 is 14.6 Å². The lowest BCUT2D eigenvalue weighted by Crippen LogP contribution is -2.03. The van der Waals surface area contributed by atoms with Crippen molar-refractivity contribution in [3.63, 3.8) is 0 Å². The van der Waals surface area contributed by atoms with Crippen molar-refractivity contribution in [2.75, 3.05) is 13.7 Å². The maximum Gasteiger partial charge on any atom is 0.161 e. The van der Waals surface area contributed by atoms with E-state index in [1.165, 1.54) is 0 Å². The fourth-order valence-electron chi connectivity index (χ4n) is 2.09. The van der Waals surface area contributed by atoms with E-state index in [1.807, 2.05) is 25.1 Å². The second-order valence-electron chi connectivity index (χ2n) is 4.06. The van der Waals surface area contributed by atoms with E-state index in [9.17, 15) is 5.11 Å². The number of aliphatic hydroxyl groups excluding tert-OH is 1. The minimum absolute atomic E-state index is 0.450. The predicted octanol–water partition coefficient (Wildman–Crippen LogP) is 2.63. The van der Waals surface area contributed by atoms with Crippen LogP contribution in [0.4, 0.5) is 0 Å². The molecule has 0 bridgehead atoms. The molecule has 1 unspecified atom stereocenters. The molecule has 0 saturated carbocycles. The first-order chi connectivity index (χ1) is 8.26. The van der Waals surface area contributed by atoms with Gasteiger partial charge in [0, 0.05) is 0 Å². The van der Waals surface area contributed by atoms with Gasteiger partial charge in [0.1, 0.15) is 0 Å². The van der Waals surface area contributed by atoms with Gasteiger partial charge in [-0.3, -0.25) is 0 Å². The van der Waals surface area contributed by atoms with Gasteiger partial charge >= 0.3 is 0 Å². The zero-order valence-corrected chi connectivity index (χ0v) is 10.3. The van der Waals surface area contributed by atoms with Crippen LogP contribution in [-0.2, 0) is 6.42 Å². The average molecular weight is 234 g/mol. The second kappa shape index (κ2) is 5.23. The number of hydrogen-bond acceptors (Lipinski definition) is 3. The summed E-state index contributed by atoms with van der Waals surface area (Å²) >= 11 is 0. The monoisotopic (exact) mass is 234 g/mol. The van der Waals surface area contributed by atoms with Crippen LogP contribution in [0.25, 0.3) is 0 Å². The summed E-state index contributed by atoms with van der Waals surface area (Å²) in [5.74, 6) is 1.43. The summed E-state index contributed by atoms with van der Waals surface area (Å²) < 4.78 is 10.8. The van der Waals surface area contributed by atoms with Gasteiger partial charge in [-0.2, -0.15) is 0 Å². The average Bonchev–Trinajstić information content (AvgIpc) is 2.51. The molecule has 0 fully saturated rings. The Morgan fingerprint density at radius 3 is 2.82 bits per heavy atom. The number of allylic oxidation sites excluding steroid dienone is 1. The van der Waals surface area contributed by atoms with Gasteiger partial charge in [0.15, 0.2) is 11.5 Å². The maximum atomic E-state index is 10.0. The molecule has 0 amide bonds. The number of aliphatic hydroxyl groups is 1. The molecule has 1 aromatic rings. The van der Waals surface area contributed by atoms with Crippen molar-refractivity contribution in [1.29, 1.82) is 0 Å². The van der Waals surface area contributed by atoms with Gasteiger partial charge in [-0.05, 0) is 43.0 Å². The number of ether oxygens (including phenoxy) is 2. The summed E-state index contributed by atoms with van der Waals surface area (Å²) in [6.07, 6.45) is 5.13. The highest BCUT2D eigenvalue weighted by atomic mass is 16.5. The molecule has 3 heteroatoms. The van der Waals surface area contributed by atoms with Crippen LogP contribution in [0.2, 0.25) is 0 Å². The van der Waals surface area contributed by atoms with Crippen LogP contribution in [0.3, 0.4) is 0 Å². The number of fused-ring (bicyclic) bond motifs is 1. The lowest BCUT2D eigenvalue weighted by atomic mass is 10.00. The molecule has 1 aliphatic rings. The Labute approximate surface area is 102 Å². The molecule has 0 aliphatic heterocycles. The largest absolute Gasteiger partial charge is 0.493 e. The van der Waals surface area contributed by atoms with Crippen LogP contribution in [0, 0.1) is 0 Å². The molecular formula is C14H18O3. The summed E-state index contributed by atoms with van der Waals surface area (Å²) in [6, 6.07) is 3.86. The summed E-state index contributed by atoms with van der Waals surface area (Å²) in [5.41, 5.74) is 2.05. The fourth-order valence-corrected chi connectivity index (χ4v) is 2.09. The molecule has 0 heterocycles. The lowest BCUT2D eigenvalue weighted by molar-refractivity contribution is 0.180. The molecule has 2 rings (SSSR count). The van der Waals surface area contributed by atoms with Crippen molar-refractivity contribution in [2.45, 2.75) is 25.9 Å². The van der Waals surface area contributed by atoms with Gasteiger partial charge in [-0.15, -0.1) is 0 Å². The molecule has 1 N–H and O–H groups in total. The zero-order chi connectivity index (χ0) is 12.3. The highest BCUT2D eigenvalue weighted by molar-refractivity contribution is 5.49. The normalized spacial score (nSPS) is 18.4. The third-order valence-electron chi connectivity index (χ3n) is 2.95. The van der Waals surface area contributed by atoms with Crippen LogP contribution in [0.1, 0.15) is 30.6 Å². The van der Waals surface area contributed by atoms with Crippen molar-refractivity contribution >= 4 is 0 Å². The SMILES string of the molecule is CCOc1cc2c(cc1OC)CC=CCC2O. The zero-order valence-electron chi connectivity index (χ0n) is 10.3. The van der Waals surface area contributed by atoms with E-state index in [0.29, 0.717) is 18.8 Å². The highest BCUT2D eigenvalue weighted by Crippen LogP contribution is 2.36. The number of hydrogen-bond donors (Lipinski definition) is 1. The maximum absolute atomic E-state index is 10.0. The topological polar surface area (TPSA) is 38.7 Å². The molecule has 3 nitrogen and oxygen atoms in total. The van der Waals surface area contributed by atoms with Gasteiger partial charge in [0.25, 0.3) is 0 Å². The smallest absolute Gasteiger partial charge is 0.161 e. The molecule has 0 saturated heterocycles. The van der Waals surface area contributed by atoms with E-state index < -0.39 is 6.10 Å². The molecule has 1 aromatic carbocycles. The van der Waals surface area contributed by atoms with Gasteiger partial charge in [-0.25, -0.2) is 0 Å². The van der Waals surface area contributed by atoms with E-state index in [-0.39, 0.29) is 0 Å². The predicted molar refractivity (Wildman–Crippen MR) is 66.6 cm³/mol. The summed E-state index contributed by atoms with van der Waals surface area (Å²) in [6.45, 7) is 2.52. The van der Waals surface area contributed by atoms with Crippen molar-refractivity contribution in [2.24, 2.45) is 0 Å². The fraction of sp³-hybridized carbons (Fsp3) is 0.429. The van der Waals surface area contributed by atoms with E-state index in [1.54, 1.807) is 7.11 Å². The summed E-state index contributed by atoms with van der Waals surface area (Å²) in [5, 5.41) is 10.0. The summed E-state index contributed by atoms with van der Waals surface area (Å²) in [7, 11) is 1.63. The molecule has 1 atom stereocenters. The summed E-state index contributed by atoms with van der Waals surface area (Å²) in [4.78, 5) is 0. The van der Waals surface area contributed by atoms with Crippen LogP contribution < -0.4 is 9.47 Å². The van der Waals surface area contributed by atoms with Gasteiger partial charge in [-0.1, -0.05) is 12.2 Å². The molecule has 0 aromatic heterocycles. The van der Waals surface area contributed by atoms with E-state index in [4.69, 9.17) is 9.47 Å². The second-order valence-corrected chi connectivity index (χ2v) is 4.06. The Bertz CT molecular complexity index is 424. The molecular weight excluding hydrogens is 216 g/mol. The number of methoxy groups -OCH3 is 1. The lowest BCUT2D eigenvalue weighted by Gasteiger charge is -2.16. The minimum atomic E-state index is -0.450. The third kappa shape index (κ3) is 2.44. The first kappa shape index (κ1) is 12.0. The highest BCUT2D eigenvalue weighted by Gasteiger charge is 2.17. The van der Waals surface area contributed by atoms with Gasteiger partial charge in [0.05, 0.1) is 19.8 Å². The molecule has 92 valence electrons. The Kier molecular flexibility index (Phi) is 3.69. The van der Waals surface area contributed by atoms with Crippen LogP contribution in [-0.4, -0.2) is 18.8 Å². The van der Waals surface area contributed by atoms with E-state index >= 15 is 0 Å². The quantitative estimate of drug-likeness (QED) is 0.817. The Balaban J connectivity index is 2.45. The molecule has 0 radical (unpaired) electrons.